The van der Waals surface area contributed by atoms with Gasteiger partial charge in [0.1, 0.15) is 11.6 Å². The number of hydrogen-bond acceptors (Lipinski definition) is 6. The van der Waals surface area contributed by atoms with Crippen LogP contribution in [0, 0.1) is 5.92 Å². The van der Waals surface area contributed by atoms with E-state index in [1.165, 1.54) is 19.0 Å². The molecule has 11 nitrogen and oxygen atoms in total. The van der Waals surface area contributed by atoms with Crippen LogP contribution in [-0.2, 0) is 23.2 Å². The lowest BCUT2D eigenvalue weighted by Crippen LogP contribution is -2.52. The van der Waals surface area contributed by atoms with Crippen molar-refractivity contribution >= 4 is 28.9 Å². The minimum Gasteiger partial charge on any atom is -0.350 e. The Kier molecular flexibility index (Phi) is 7.83. The average molecular weight is 499 g/mol. The Hall–Kier alpha value is -3.42. The molecule has 2 heterocycles. The lowest BCUT2D eigenvalue weighted by molar-refractivity contribution is -0.171. The molecule has 192 valence electrons. The van der Waals surface area contributed by atoms with Crippen molar-refractivity contribution in [3.05, 3.63) is 23.8 Å². The summed E-state index contributed by atoms with van der Waals surface area (Å²) in [6.45, 7) is -0.547. The summed E-state index contributed by atoms with van der Waals surface area (Å²) in [4.78, 5) is 39.5. The fourth-order valence-electron chi connectivity index (χ4n) is 3.90. The SMILES string of the molecule is CN(C)C(=O)NCC[C@H](N)C(=O)N1CC(C(F)(F)F)CC1C(=O)NCc1ccc2c(c1)nnn2C. The number of carbonyl (C=O) groups is 3. The van der Waals surface area contributed by atoms with E-state index in [9.17, 15) is 27.6 Å². The highest BCUT2D eigenvalue weighted by Crippen LogP contribution is 2.37. The van der Waals surface area contributed by atoms with E-state index in [4.69, 9.17) is 5.73 Å². The highest BCUT2D eigenvalue weighted by atomic mass is 19.4. The number of carbonyl (C=O) groups excluding carboxylic acids is 3. The molecule has 1 saturated heterocycles. The third-order valence-corrected chi connectivity index (χ3v) is 5.95. The third kappa shape index (κ3) is 6.18. The summed E-state index contributed by atoms with van der Waals surface area (Å²) in [5, 5.41) is 13.1. The number of rotatable bonds is 7. The number of nitrogens with zero attached hydrogens (tertiary/aromatic N) is 5. The zero-order valence-electron chi connectivity index (χ0n) is 19.7. The number of aryl methyl sites for hydroxylation is 1. The van der Waals surface area contributed by atoms with Gasteiger partial charge in [-0.2, -0.15) is 13.2 Å². The Morgan fingerprint density at radius 3 is 2.63 bits per heavy atom. The maximum absolute atomic E-state index is 13.4. The van der Waals surface area contributed by atoms with Crippen molar-refractivity contribution in [3.63, 3.8) is 0 Å². The van der Waals surface area contributed by atoms with E-state index in [0.29, 0.717) is 11.1 Å². The van der Waals surface area contributed by atoms with Gasteiger partial charge in [-0.3, -0.25) is 9.59 Å². The second kappa shape index (κ2) is 10.5. The molecule has 1 aliphatic rings. The van der Waals surface area contributed by atoms with E-state index in [1.54, 1.807) is 29.9 Å². The molecule has 2 aromatic rings. The van der Waals surface area contributed by atoms with Gasteiger partial charge in [0.05, 0.1) is 17.5 Å². The molecule has 1 aromatic heterocycles. The molecule has 4 amide bonds. The molecule has 0 saturated carbocycles. The van der Waals surface area contributed by atoms with Crippen molar-refractivity contribution in [1.82, 2.24) is 35.4 Å². The van der Waals surface area contributed by atoms with Crippen molar-refractivity contribution < 1.29 is 27.6 Å². The van der Waals surface area contributed by atoms with E-state index in [1.807, 2.05) is 0 Å². The zero-order valence-corrected chi connectivity index (χ0v) is 19.7. The molecule has 2 unspecified atom stereocenters. The zero-order chi connectivity index (χ0) is 25.9. The van der Waals surface area contributed by atoms with E-state index >= 15 is 0 Å². The van der Waals surface area contributed by atoms with Crippen LogP contribution in [0.25, 0.3) is 11.0 Å². The number of amides is 4. The minimum atomic E-state index is -4.56. The fourth-order valence-corrected chi connectivity index (χ4v) is 3.90. The highest BCUT2D eigenvalue weighted by Gasteiger charge is 2.51. The van der Waals surface area contributed by atoms with Gasteiger partial charge in [-0.15, -0.1) is 5.10 Å². The first-order chi connectivity index (χ1) is 16.4. The first-order valence-electron chi connectivity index (χ1n) is 11.0. The molecule has 0 spiro atoms. The number of hydrogen-bond donors (Lipinski definition) is 3. The summed E-state index contributed by atoms with van der Waals surface area (Å²) in [5.74, 6) is -3.30. The molecule has 35 heavy (non-hydrogen) atoms. The van der Waals surface area contributed by atoms with Gasteiger partial charge in [0.15, 0.2) is 0 Å². The number of aromatic nitrogens is 3. The second-order valence-electron chi connectivity index (χ2n) is 8.76. The van der Waals surface area contributed by atoms with Crippen molar-refractivity contribution in [2.24, 2.45) is 18.7 Å². The number of halogens is 3. The predicted octanol–water partition coefficient (Wildman–Crippen LogP) is 0.353. The largest absolute Gasteiger partial charge is 0.393 e. The van der Waals surface area contributed by atoms with E-state index in [0.717, 1.165) is 10.4 Å². The van der Waals surface area contributed by atoms with Crippen LogP contribution in [0.15, 0.2) is 18.2 Å². The molecule has 3 rings (SSSR count). The Balaban J connectivity index is 1.66. The number of fused-ring (bicyclic) bond motifs is 1. The summed E-state index contributed by atoms with van der Waals surface area (Å²) >= 11 is 0. The average Bonchev–Trinajstić information content (AvgIpc) is 3.41. The van der Waals surface area contributed by atoms with Gasteiger partial charge in [0.2, 0.25) is 11.8 Å². The van der Waals surface area contributed by atoms with Crippen molar-refractivity contribution in [2.75, 3.05) is 27.2 Å². The monoisotopic (exact) mass is 498 g/mol. The van der Waals surface area contributed by atoms with E-state index < -0.39 is 49.0 Å². The molecule has 4 N–H and O–H groups in total. The Morgan fingerprint density at radius 2 is 1.97 bits per heavy atom. The molecule has 0 aliphatic carbocycles. The maximum Gasteiger partial charge on any atom is 0.393 e. The van der Waals surface area contributed by atoms with Gasteiger partial charge in [-0.05, 0) is 30.5 Å². The number of benzene rings is 1. The van der Waals surface area contributed by atoms with Gasteiger partial charge in [0, 0.05) is 40.8 Å². The lowest BCUT2D eigenvalue weighted by Gasteiger charge is -2.27. The minimum absolute atomic E-state index is 0.0120. The van der Waals surface area contributed by atoms with Crippen molar-refractivity contribution in [2.45, 2.75) is 37.6 Å². The van der Waals surface area contributed by atoms with Crippen LogP contribution in [0.3, 0.4) is 0 Å². The molecule has 14 heteroatoms. The standard InChI is InChI=1S/C21H29F3N8O3/c1-30(2)20(35)26-7-6-14(25)19(34)32-11-13(21(22,23)24)9-17(32)18(33)27-10-12-4-5-16-15(8-12)28-29-31(16)3/h4-5,8,13-14,17H,6-7,9-11,25H2,1-3H3,(H,26,35)(H,27,33)/t13?,14-,17?/m0/s1. The Bertz CT molecular complexity index is 1090. The van der Waals surface area contributed by atoms with Crippen molar-refractivity contribution in [1.29, 1.82) is 0 Å². The Labute approximate surface area is 199 Å². The summed E-state index contributed by atoms with van der Waals surface area (Å²) in [6, 6.07) is 2.38. The molecular formula is C21H29F3N8O3. The maximum atomic E-state index is 13.4. The molecule has 0 radical (unpaired) electrons. The van der Waals surface area contributed by atoms with Crippen molar-refractivity contribution in [3.8, 4) is 0 Å². The number of likely N-dealkylation sites (tertiary alicyclic amines) is 1. The van der Waals surface area contributed by atoms with Gasteiger partial charge in [-0.1, -0.05) is 11.3 Å². The number of urea groups is 1. The quantitative estimate of drug-likeness (QED) is 0.504. The van der Waals surface area contributed by atoms with Crippen LogP contribution in [0.4, 0.5) is 18.0 Å². The predicted molar refractivity (Wildman–Crippen MR) is 120 cm³/mol. The summed E-state index contributed by atoms with van der Waals surface area (Å²) in [6.07, 6.45) is -5.10. The second-order valence-corrected chi connectivity index (χ2v) is 8.76. The highest BCUT2D eigenvalue weighted by molar-refractivity contribution is 5.90. The molecule has 1 aliphatic heterocycles. The van der Waals surface area contributed by atoms with Crippen LogP contribution >= 0.6 is 0 Å². The van der Waals surface area contributed by atoms with Gasteiger partial charge in [0.25, 0.3) is 0 Å². The molecule has 0 bridgehead atoms. The summed E-state index contributed by atoms with van der Waals surface area (Å²) in [7, 11) is 4.81. The van der Waals surface area contributed by atoms with Gasteiger partial charge >= 0.3 is 12.2 Å². The van der Waals surface area contributed by atoms with Gasteiger partial charge in [-0.25, -0.2) is 9.48 Å². The molecular weight excluding hydrogens is 469 g/mol. The fraction of sp³-hybridized carbons (Fsp3) is 0.571. The van der Waals surface area contributed by atoms with E-state index in [2.05, 4.69) is 20.9 Å². The molecule has 1 aromatic carbocycles. The van der Waals surface area contributed by atoms with Gasteiger partial charge < -0.3 is 26.2 Å². The van der Waals surface area contributed by atoms with Crippen LogP contribution in [0.2, 0.25) is 0 Å². The lowest BCUT2D eigenvalue weighted by atomic mass is 10.0. The van der Waals surface area contributed by atoms with Crippen LogP contribution < -0.4 is 16.4 Å². The van der Waals surface area contributed by atoms with Crippen LogP contribution in [0.5, 0.6) is 0 Å². The molecule has 3 atom stereocenters. The first kappa shape index (κ1) is 26.2. The number of alkyl halides is 3. The summed E-state index contributed by atoms with van der Waals surface area (Å²) in [5.41, 5.74) is 8.00. The smallest absolute Gasteiger partial charge is 0.350 e. The third-order valence-electron chi connectivity index (χ3n) is 5.95. The Morgan fingerprint density at radius 1 is 1.26 bits per heavy atom. The number of nitrogens with two attached hydrogens (primary N) is 1. The number of nitrogens with one attached hydrogen (secondary N) is 2. The topological polar surface area (TPSA) is 138 Å². The summed E-state index contributed by atoms with van der Waals surface area (Å²) < 4.78 is 41.9. The normalized spacial score (nSPS) is 19.0. The van der Waals surface area contributed by atoms with Crippen LogP contribution in [-0.4, -0.2) is 88.1 Å². The first-order valence-corrected chi connectivity index (χ1v) is 11.0. The molecule has 1 fully saturated rings. The van der Waals surface area contributed by atoms with Crippen LogP contribution in [0.1, 0.15) is 18.4 Å². The van der Waals surface area contributed by atoms with E-state index in [-0.39, 0.29) is 25.5 Å².